The van der Waals surface area contributed by atoms with Gasteiger partial charge in [-0.3, -0.25) is 0 Å². The number of hydrogen-bond acceptors (Lipinski definition) is 1. The van der Waals surface area contributed by atoms with Crippen LogP contribution in [-0.4, -0.2) is 10.7 Å². The van der Waals surface area contributed by atoms with Crippen molar-refractivity contribution in [3.05, 3.63) is 34.3 Å². The molecule has 0 radical (unpaired) electrons. The molecule has 74 valence electrons. The van der Waals surface area contributed by atoms with Crippen molar-refractivity contribution < 1.29 is 5.11 Å². The molecular formula is C12H13ClO. The summed E-state index contributed by atoms with van der Waals surface area (Å²) < 4.78 is 0. The number of rotatable bonds is 0. The fourth-order valence-corrected chi connectivity index (χ4v) is 1.08. The van der Waals surface area contributed by atoms with Gasteiger partial charge in [0.25, 0.3) is 0 Å². The molecular weight excluding hydrogens is 196 g/mol. The van der Waals surface area contributed by atoms with E-state index in [4.69, 9.17) is 11.6 Å². The maximum Gasteiger partial charge on any atom is 0.120 e. The summed E-state index contributed by atoms with van der Waals surface area (Å²) in [5, 5.41) is 10.1. The molecule has 0 bridgehead atoms. The van der Waals surface area contributed by atoms with Crippen LogP contribution in [0.25, 0.3) is 0 Å². The molecule has 1 nitrogen and oxygen atoms in total. The third kappa shape index (κ3) is 3.41. The number of halogens is 1. The molecule has 0 aliphatic rings. The minimum absolute atomic E-state index is 0.701. The van der Waals surface area contributed by atoms with E-state index < -0.39 is 5.60 Å². The molecule has 0 saturated heterocycles. The summed E-state index contributed by atoms with van der Waals surface area (Å²) in [6.45, 7) is 5.24. The van der Waals surface area contributed by atoms with Crippen LogP contribution in [0.3, 0.4) is 0 Å². The molecule has 0 amide bonds. The number of hydrogen-bond donors (Lipinski definition) is 1. The monoisotopic (exact) mass is 208 g/mol. The maximum absolute atomic E-state index is 9.40. The van der Waals surface area contributed by atoms with Gasteiger partial charge in [0.1, 0.15) is 5.60 Å². The third-order valence-corrected chi connectivity index (χ3v) is 2.09. The third-order valence-electron chi connectivity index (χ3n) is 1.68. The van der Waals surface area contributed by atoms with Crippen LogP contribution in [0.4, 0.5) is 0 Å². The average Bonchev–Trinajstić information content (AvgIpc) is 2.06. The van der Waals surface area contributed by atoms with Crippen LogP contribution in [0.1, 0.15) is 25.0 Å². The molecule has 0 aliphatic heterocycles. The van der Waals surface area contributed by atoms with E-state index in [1.165, 1.54) is 0 Å². The Balaban J connectivity index is 2.98. The number of benzene rings is 1. The lowest BCUT2D eigenvalue weighted by Crippen LogP contribution is -2.14. The van der Waals surface area contributed by atoms with Crippen molar-refractivity contribution in [3.8, 4) is 11.8 Å². The van der Waals surface area contributed by atoms with Gasteiger partial charge in [-0.15, -0.1) is 0 Å². The molecule has 0 unspecified atom stereocenters. The summed E-state index contributed by atoms with van der Waals surface area (Å²) >= 11 is 5.93. The highest BCUT2D eigenvalue weighted by molar-refractivity contribution is 6.31. The normalized spacial score (nSPS) is 10.6. The molecule has 2 heteroatoms. The van der Waals surface area contributed by atoms with Crippen LogP contribution in [0.5, 0.6) is 0 Å². The Labute approximate surface area is 89.7 Å². The van der Waals surface area contributed by atoms with Gasteiger partial charge in [0.05, 0.1) is 0 Å². The topological polar surface area (TPSA) is 20.2 Å². The summed E-state index contributed by atoms with van der Waals surface area (Å²) in [5.41, 5.74) is 0.889. The highest BCUT2D eigenvalue weighted by Gasteiger charge is 2.05. The van der Waals surface area contributed by atoms with E-state index in [9.17, 15) is 5.11 Å². The number of aliphatic hydroxyl groups is 1. The second-order valence-electron chi connectivity index (χ2n) is 3.77. The van der Waals surface area contributed by atoms with Crippen molar-refractivity contribution in [2.24, 2.45) is 0 Å². The maximum atomic E-state index is 9.40. The second kappa shape index (κ2) is 4.04. The molecule has 0 atom stereocenters. The van der Waals surface area contributed by atoms with Crippen molar-refractivity contribution in [1.82, 2.24) is 0 Å². The average molecular weight is 209 g/mol. The zero-order chi connectivity index (χ0) is 10.8. The minimum Gasteiger partial charge on any atom is -0.378 e. The van der Waals surface area contributed by atoms with Crippen molar-refractivity contribution in [3.63, 3.8) is 0 Å². The molecule has 0 aliphatic carbocycles. The summed E-state index contributed by atoms with van der Waals surface area (Å²) in [7, 11) is 0. The van der Waals surface area contributed by atoms with Gasteiger partial charge >= 0.3 is 0 Å². The molecule has 0 saturated carbocycles. The Hall–Kier alpha value is -0.970. The largest absolute Gasteiger partial charge is 0.378 e. The quantitative estimate of drug-likeness (QED) is 0.650. The van der Waals surface area contributed by atoms with E-state index in [1.807, 2.05) is 19.1 Å². The van der Waals surface area contributed by atoms with Crippen LogP contribution >= 0.6 is 11.6 Å². The summed E-state index contributed by atoms with van der Waals surface area (Å²) in [6, 6.07) is 5.60. The highest BCUT2D eigenvalue weighted by atomic mass is 35.5. The minimum atomic E-state index is -0.961. The Morgan fingerprint density at radius 2 is 2.00 bits per heavy atom. The van der Waals surface area contributed by atoms with Gasteiger partial charge in [0, 0.05) is 10.6 Å². The lowest BCUT2D eigenvalue weighted by molar-refractivity contribution is 0.143. The van der Waals surface area contributed by atoms with Gasteiger partial charge in [-0.05, 0) is 38.5 Å². The fraction of sp³-hybridized carbons (Fsp3) is 0.333. The number of aryl methyl sites for hydroxylation is 1. The standard InChI is InChI=1S/C12H13ClO/c1-9-4-5-10(8-11(9)13)6-7-12(2,3)14/h4-5,8,14H,1-3H3. The van der Waals surface area contributed by atoms with E-state index in [0.29, 0.717) is 5.02 Å². The van der Waals surface area contributed by atoms with Crippen LogP contribution in [0.2, 0.25) is 5.02 Å². The van der Waals surface area contributed by atoms with Crippen molar-refractivity contribution in [2.75, 3.05) is 0 Å². The first-order valence-corrected chi connectivity index (χ1v) is 4.78. The molecule has 0 fully saturated rings. The first-order chi connectivity index (χ1) is 6.38. The molecule has 14 heavy (non-hydrogen) atoms. The zero-order valence-electron chi connectivity index (χ0n) is 8.56. The van der Waals surface area contributed by atoms with E-state index in [0.717, 1.165) is 11.1 Å². The molecule has 0 aromatic heterocycles. The Morgan fingerprint density at radius 3 is 2.50 bits per heavy atom. The van der Waals surface area contributed by atoms with Crippen LogP contribution in [0, 0.1) is 18.8 Å². The van der Waals surface area contributed by atoms with Gasteiger partial charge in [-0.1, -0.05) is 29.5 Å². The van der Waals surface area contributed by atoms with E-state index >= 15 is 0 Å². The van der Waals surface area contributed by atoms with Crippen molar-refractivity contribution >= 4 is 11.6 Å². The molecule has 1 aromatic carbocycles. The Morgan fingerprint density at radius 1 is 1.36 bits per heavy atom. The molecule has 1 rings (SSSR count). The lowest BCUT2D eigenvalue weighted by Gasteiger charge is -2.06. The SMILES string of the molecule is Cc1ccc(C#CC(C)(C)O)cc1Cl. The fourth-order valence-electron chi connectivity index (χ4n) is 0.896. The van der Waals surface area contributed by atoms with Crippen LogP contribution in [0.15, 0.2) is 18.2 Å². The Bertz CT molecular complexity index is 391. The smallest absolute Gasteiger partial charge is 0.120 e. The Kier molecular flexibility index (Phi) is 3.21. The molecule has 0 heterocycles. The van der Waals surface area contributed by atoms with E-state index in [2.05, 4.69) is 11.8 Å². The van der Waals surface area contributed by atoms with Gasteiger partial charge in [0.2, 0.25) is 0 Å². The highest BCUT2D eigenvalue weighted by Crippen LogP contribution is 2.16. The molecule has 0 spiro atoms. The van der Waals surface area contributed by atoms with Gasteiger partial charge in [-0.2, -0.15) is 0 Å². The van der Waals surface area contributed by atoms with Gasteiger partial charge < -0.3 is 5.11 Å². The predicted octanol–water partition coefficient (Wildman–Crippen LogP) is 2.77. The summed E-state index contributed by atoms with van der Waals surface area (Å²) in [5.74, 6) is 5.60. The predicted molar refractivity (Wildman–Crippen MR) is 59.4 cm³/mol. The lowest BCUT2D eigenvalue weighted by atomic mass is 10.1. The molecule has 1 N–H and O–H groups in total. The van der Waals surface area contributed by atoms with Crippen LogP contribution < -0.4 is 0 Å². The van der Waals surface area contributed by atoms with Gasteiger partial charge in [-0.25, -0.2) is 0 Å². The van der Waals surface area contributed by atoms with E-state index in [1.54, 1.807) is 19.9 Å². The van der Waals surface area contributed by atoms with Crippen molar-refractivity contribution in [2.45, 2.75) is 26.4 Å². The summed E-state index contributed by atoms with van der Waals surface area (Å²) in [4.78, 5) is 0. The van der Waals surface area contributed by atoms with Gasteiger partial charge in [0.15, 0.2) is 0 Å². The van der Waals surface area contributed by atoms with Crippen LogP contribution in [-0.2, 0) is 0 Å². The van der Waals surface area contributed by atoms with E-state index in [-0.39, 0.29) is 0 Å². The summed E-state index contributed by atoms with van der Waals surface area (Å²) in [6.07, 6.45) is 0. The molecule has 1 aromatic rings. The first-order valence-electron chi connectivity index (χ1n) is 4.40. The van der Waals surface area contributed by atoms with Crippen molar-refractivity contribution in [1.29, 1.82) is 0 Å². The second-order valence-corrected chi connectivity index (χ2v) is 4.18. The zero-order valence-corrected chi connectivity index (χ0v) is 9.31. The first kappa shape index (κ1) is 11.1.